The second-order valence-corrected chi connectivity index (χ2v) is 4.80. The number of halogens is 1. The molecule has 0 amide bonds. The predicted molar refractivity (Wildman–Crippen MR) is 75.2 cm³/mol. The topological polar surface area (TPSA) is 51.6 Å². The fourth-order valence-electron chi connectivity index (χ4n) is 1.57. The lowest BCUT2D eigenvalue weighted by molar-refractivity contribution is 0.256. The van der Waals surface area contributed by atoms with Crippen LogP contribution in [0.1, 0.15) is 11.3 Å². The van der Waals surface area contributed by atoms with Crippen LogP contribution >= 0.6 is 15.9 Å². The van der Waals surface area contributed by atoms with Gasteiger partial charge in [0.05, 0.1) is 19.4 Å². The lowest BCUT2D eigenvalue weighted by Gasteiger charge is -2.11. The summed E-state index contributed by atoms with van der Waals surface area (Å²) in [6.45, 7) is 0.264. The van der Waals surface area contributed by atoms with E-state index in [0.717, 1.165) is 15.7 Å². The summed E-state index contributed by atoms with van der Waals surface area (Å²) < 4.78 is 11.7. The summed E-state index contributed by atoms with van der Waals surface area (Å²) in [6, 6.07) is 9.11. The third-order valence-electron chi connectivity index (χ3n) is 2.61. The summed E-state index contributed by atoms with van der Waals surface area (Å²) in [5, 5.41) is 9.27. The molecular formula is C14H14BrNO3. The van der Waals surface area contributed by atoms with Crippen molar-refractivity contribution in [2.45, 2.75) is 13.2 Å². The van der Waals surface area contributed by atoms with E-state index >= 15 is 0 Å². The van der Waals surface area contributed by atoms with Gasteiger partial charge < -0.3 is 14.6 Å². The molecule has 1 aromatic heterocycles. The van der Waals surface area contributed by atoms with Crippen LogP contribution in [0.4, 0.5) is 0 Å². The maximum atomic E-state index is 9.27. The van der Waals surface area contributed by atoms with Crippen molar-refractivity contribution in [2.75, 3.05) is 7.11 Å². The van der Waals surface area contributed by atoms with E-state index in [2.05, 4.69) is 20.9 Å². The highest BCUT2D eigenvalue weighted by Gasteiger charge is 2.06. The minimum atomic E-state index is -0.0763. The second-order valence-electron chi connectivity index (χ2n) is 3.89. The number of benzene rings is 1. The number of nitrogens with zero attached hydrogens (tertiary/aromatic N) is 1. The van der Waals surface area contributed by atoms with E-state index < -0.39 is 0 Å². The minimum absolute atomic E-state index is 0.0763. The Labute approximate surface area is 120 Å². The van der Waals surface area contributed by atoms with Gasteiger partial charge in [-0.15, -0.1) is 0 Å². The molecule has 0 aliphatic heterocycles. The van der Waals surface area contributed by atoms with Crippen LogP contribution in [-0.2, 0) is 13.2 Å². The summed E-state index contributed by atoms with van der Waals surface area (Å²) in [5.41, 5.74) is 1.54. The van der Waals surface area contributed by atoms with E-state index in [1.807, 2.05) is 12.1 Å². The molecule has 1 heterocycles. The molecule has 2 rings (SSSR count). The fourth-order valence-corrected chi connectivity index (χ4v) is 1.80. The van der Waals surface area contributed by atoms with E-state index in [9.17, 15) is 5.11 Å². The van der Waals surface area contributed by atoms with Crippen molar-refractivity contribution < 1.29 is 14.6 Å². The maximum Gasteiger partial charge on any atom is 0.130 e. The lowest BCUT2D eigenvalue weighted by Crippen LogP contribution is -2.01. The Balaban J connectivity index is 2.11. The molecule has 0 aliphatic carbocycles. The summed E-state index contributed by atoms with van der Waals surface area (Å²) in [4.78, 5) is 4.23. The molecule has 0 atom stereocenters. The number of rotatable bonds is 5. The molecule has 19 heavy (non-hydrogen) atoms. The number of aliphatic hydroxyl groups excluding tert-OH is 1. The van der Waals surface area contributed by atoms with Crippen LogP contribution in [-0.4, -0.2) is 17.2 Å². The van der Waals surface area contributed by atoms with Gasteiger partial charge >= 0.3 is 0 Å². The smallest absolute Gasteiger partial charge is 0.130 e. The van der Waals surface area contributed by atoms with Crippen LogP contribution in [0.5, 0.6) is 11.5 Å². The summed E-state index contributed by atoms with van der Waals surface area (Å²) >= 11 is 3.33. The number of methoxy groups -OCH3 is 1. The molecule has 0 saturated heterocycles. The highest BCUT2D eigenvalue weighted by molar-refractivity contribution is 9.10. The van der Waals surface area contributed by atoms with Gasteiger partial charge in [-0.1, -0.05) is 0 Å². The molecule has 5 heteroatoms. The molecule has 0 unspecified atom stereocenters. The summed E-state index contributed by atoms with van der Waals surface area (Å²) in [7, 11) is 1.59. The fraction of sp³-hybridized carbons (Fsp3) is 0.214. The number of aromatic nitrogens is 1. The van der Waals surface area contributed by atoms with E-state index in [4.69, 9.17) is 9.47 Å². The second kappa shape index (κ2) is 6.54. The van der Waals surface area contributed by atoms with Gasteiger partial charge in [-0.05, 0) is 40.2 Å². The molecule has 100 valence electrons. The van der Waals surface area contributed by atoms with Crippen molar-refractivity contribution >= 4 is 15.9 Å². The molecule has 4 nitrogen and oxygen atoms in total. The van der Waals surface area contributed by atoms with E-state index in [0.29, 0.717) is 18.1 Å². The first-order valence-electron chi connectivity index (χ1n) is 5.74. The monoisotopic (exact) mass is 323 g/mol. The number of aliphatic hydroxyl groups is 1. The average molecular weight is 324 g/mol. The van der Waals surface area contributed by atoms with Crippen molar-refractivity contribution in [2.24, 2.45) is 0 Å². The molecule has 2 aromatic rings. The average Bonchev–Trinajstić information content (AvgIpc) is 2.46. The number of pyridine rings is 1. The Morgan fingerprint density at radius 3 is 2.74 bits per heavy atom. The van der Waals surface area contributed by atoms with E-state index in [1.54, 1.807) is 31.5 Å². The van der Waals surface area contributed by atoms with Gasteiger partial charge in [0.15, 0.2) is 0 Å². The molecule has 1 N–H and O–H groups in total. The quantitative estimate of drug-likeness (QED) is 0.919. The minimum Gasteiger partial charge on any atom is -0.497 e. The van der Waals surface area contributed by atoms with Crippen molar-refractivity contribution in [3.8, 4) is 11.5 Å². The highest BCUT2D eigenvalue weighted by Crippen LogP contribution is 2.25. The van der Waals surface area contributed by atoms with Crippen LogP contribution in [0.2, 0.25) is 0 Å². The third-order valence-corrected chi connectivity index (χ3v) is 3.08. The van der Waals surface area contributed by atoms with Crippen molar-refractivity contribution in [3.05, 3.63) is 52.3 Å². The van der Waals surface area contributed by atoms with E-state index in [-0.39, 0.29) is 6.61 Å². The van der Waals surface area contributed by atoms with Gasteiger partial charge in [-0.3, -0.25) is 4.98 Å². The molecule has 0 saturated carbocycles. The largest absolute Gasteiger partial charge is 0.497 e. The highest BCUT2D eigenvalue weighted by atomic mass is 79.9. The summed E-state index contributed by atoms with van der Waals surface area (Å²) in [5.74, 6) is 1.29. The number of ether oxygens (including phenoxy) is 2. The van der Waals surface area contributed by atoms with Crippen LogP contribution in [0, 0.1) is 0 Å². The van der Waals surface area contributed by atoms with Crippen LogP contribution in [0.3, 0.4) is 0 Å². The normalized spacial score (nSPS) is 10.3. The van der Waals surface area contributed by atoms with Crippen molar-refractivity contribution in [3.63, 3.8) is 0 Å². The zero-order chi connectivity index (χ0) is 13.7. The maximum absolute atomic E-state index is 9.27. The Morgan fingerprint density at radius 1 is 1.26 bits per heavy atom. The van der Waals surface area contributed by atoms with Gasteiger partial charge in [-0.2, -0.15) is 0 Å². The molecule has 0 bridgehead atoms. The zero-order valence-electron chi connectivity index (χ0n) is 10.5. The molecule has 1 aromatic carbocycles. The van der Waals surface area contributed by atoms with Gasteiger partial charge in [0.25, 0.3) is 0 Å². The lowest BCUT2D eigenvalue weighted by atomic mass is 10.2. The SMILES string of the molecule is COc1ccc(CO)c(OCc2ccc(Br)cn2)c1. The van der Waals surface area contributed by atoms with Gasteiger partial charge in [-0.25, -0.2) is 0 Å². The van der Waals surface area contributed by atoms with E-state index in [1.165, 1.54) is 0 Å². The molecular weight excluding hydrogens is 310 g/mol. The Kier molecular flexibility index (Phi) is 4.76. The van der Waals surface area contributed by atoms with Gasteiger partial charge in [0.1, 0.15) is 18.1 Å². The Morgan fingerprint density at radius 2 is 2.11 bits per heavy atom. The van der Waals surface area contributed by atoms with Gasteiger partial charge in [0, 0.05) is 22.3 Å². The van der Waals surface area contributed by atoms with Crippen LogP contribution < -0.4 is 9.47 Å². The Hall–Kier alpha value is -1.59. The molecule has 0 fully saturated rings. The third kappa shape index (κ3) is 3.68. The van der Waals surface area contributed by atoms with Crippen LogP contribution in [0.25, 0.3) is 0 Å². The first-order valence-corrected chi connectivity index (χ1v) is 6.53. The van der Waals surface area contributed by atoms with Crippen molar-refractivity contribution in [1.29, 1.82) is 0 Å². The Bertz CT molecular complexity index is 543. The standard InChI is InChI=1S/C14H14BrNO3/c1-18-13-5-2-10(8-17)14(6-13)19-9-12-4-3-11(15)7-16-12/h2-7,17H,8-9H2,1H3. The predicted octanol–water partition coefficient (Wildman–Crippen LogP) is 2.92. The van der Waals surface area contributed by atoms with Crippen molar-refractivity contribution in [1.82, 2.24) is 4.98 Å². The molecule has 0 spiro atoms. The number of hydrogen-bond acceptors (Lipinski definition) is 4. The molecule has 0 aliphatic rings. The first-order chi connectivity index (χ1) is 9.22. The summed E-state index contributed by atoms with van der Waals surface area (Å²) in [6.07, 6.45) is 1.72. The van der Waals surface area contributed by atoms with Gasteiger partial charge in [0.2, 0.25) is 0 Å². The zero-order valence-corrected chi connectivity index (χ0v) is 12.1. The first kappa shape index (κ1) is 13.8. The number of hydrogen-bond donors (Lipinski definition) is 1. The molecule has 0 radical (unpaired) electrons. The van der Waals surface area contributed by atoms with Crippen LogP contribution in [0.15, 0.2) is 41.0 Å².